The molecule has 0 aromatic carbocycles. The highest BCUT2D eigenvalue weighted by atomic mass is 16.3. The van der Waals surface area contributed by atoms with Crippen molar-refractivity contribution in [2.24, 2.45) is 23.2 Å². The second-order valence-electron chi connectivity index (χ2n) is 7.95. The monoisotopic (exact) mass is 330 g/mol. The topological polar surface area (TPSA) is 74.6 Å². The van der Waals surface area contributed by atoms with Crippen molar-refractivity contribution in [3.63, 3.8) is 0 Å². The first-order chi connectivity index (χ1) is 11.3. The van der Waals surface area contributed by atoms with E-state index in [-0.39, 0.29) is 11.0 Å². The number of carbonyl (C=O) groups excluding carboxylic acids is 2. The van der Waals surface area contributed by atoms with Gasteiger partial charge in [0.05, 0.1) is 0 Å². The number of rotatable bonds is 2. The Bertz CT molecular complexity index is 682. The van der Waals surface area contributed by atoms with Crippen molar-refractivity contribution < 1.29 is 19.8 Å². The largest absolute Gasteiger partial charge is 0.504 e. The van der Waals surface area contributed by atoms with Crippen LogP contribution in [0.25, 0.3) is 0 Å². The Balaban J connectivity index is 1.97. The first kappa shape index (κ1) is 17.0. The van der Waals surface area contributed by atoms with E-state index < -0.39 is 23.1 Å². The van der Waals surface area contributed by atoms with Crippen LogP contribution in [0.3, 0.4) is 0 Å². The summed E-state index contributed by atoms with van der Waals surface area (Å²) in [4.78, 5) is 24.1. The summed E-state index contributed by atoms with van der Waals surface area (Å²) in [6, 6.07) is 0. The highest BCUT2D eigenvalue weighted by molar-refractivity contribution is 6.20. The van der Waals surface area contributed by atoms with E-state index in [0.717, 1.165) is 31.8 Å². The minimum absolute atomic E-state index is 0.0854. The van der Waals surface area contributed by atoms with Crippen LogP contribution in [0.15, 0.2) is 34.8 Å². The lowest BCUT2D eigenvalue weighted by Gasteiger charge is -2.52. The molecule has 1 fully saturated rings. The molecular formula is C20H26O4. The lowest BCUT2D eigenvalue weighted by molar-refractivity contribution is -0.120. The van der Waals surface area contributed by atoms with Crippen LogP contribution in [-0.2, 0) is 9.59 Å². The van der Waals surface area contributed by atoms with Gasteiger partial charge in [-0.2, -0.15) is 0 Å². The minimum atomic E-state index is -0.676. The molecule has 3 rings (SSSR count). The molecule has 1 unspecified atom stereocenters. The third kappa shape index (κ3) is 2.52. The van der Waals surface area contributed by atoms with Crippen LogP contribution >= 0.6 is 0 Å². The van der Waals surface area contributed by atoms with E-state index in [2.05, 4.69) is 26.8 Å². The van der Waals surface area contributed by atoms with Crippen molar-refractivity contribution in [2.45, 2.75) is 52.9 Å². The lowest BCUT2D eigenvalue weighted by atomic mass is 9.52. The van der Waals surface area contributed by atoms with Gasteiger partial charge in [0.15, 0.2) is 11.5 Å². The van der Waals surface area contributed by atoms with Gasteiger partial charge in [0.1, 0.15) is 0 Å². The molecule has 3 aliphatic carbocycles. The highest BCUT2D eigenvalue weighted by Gasteiger charge is 2.49. The van der Waals surface area contributed by atoms with Gasteiger partial charge in [-0.3, -0.25) is 9.59 Å². The molecule has 0 aliphatic heterocycles. The van der Waals surface area contributed by atoms with Gasteiger partial charge in [-0.05, 0) is 62.2 Å². The molecule has 0 heterocycles. The molecule has 0 spiro atoms. The van der Waals surface area contributed by atoms with Gasteiger partial charge in [0.2, 0.25) is 11.6 Å². The Morgan fingerprint density at radius 1 is 1.21 bits per heavy atom. The number of allylic oxidation sites excluding steroid dienone is 4. The number of Topliss-reactive ketones (excluding diaryl/α,β-unsaturated/α-hetero) is 1. The lowest BCUT2D eigenvalue weighted by Crippen LogP contribution is -2.45. The Morgan fingerprint density at radius 2 is 1.92 bits per heavy atom. The van der Waals surface area contributed by atoms with Gasteiger partial charge < -0.3 is 10.2 Å². The molecule has 24 heavy (non-hydrogen) atoms. The van der Waals surface area contributed by atoms with Crippen LogP contribution < -0.4 is 0 Å². The number of carbonyl (C=O) groups is 2. The van der Waals surface area contributed by atoms with Crippen LogP contribution in [-0.4, -0.2) is 21.8 Å². The van der Waals surface area contributed by atoms with E-state index in [1.54, 1.807) is 0 Å². The summed E-state index contributed by atoms with van der Waals surface area (Å²) in [7, 11) is 0. The fourth-order valence-corrected chi connectivity index (χ4v) is 5.02. The zero-order valence-electron chi connectivity index (χ0n) is 14.6. The summed E-state index contributed by atoms with van der Waals surface area (Å²) in [5, 5.41) is 19.9. The van der Waals surface area contributed by atoms with Crippen LogP contribution in [0.1, 0.15) is 52.9 Å². The summed E-state index contributed by atoms with van der Waals surface area (Å²) < 4.78 is 0. The first-order valence-corrected chi connectivity index (χ1v) is 8.84. The molecule has 0 bridgehead atoms. The third-order valence-corrected chi connectivity index (χ3v) is 6.75. The van der Waals surface area contributed by atoms with Gasteiger partial charge in [-0.15, -0.1) is 0 Å². The van der Waals surface area contributed by atoms with Crippen molar-refractivity contribution in [3.05, 3.63) is 34.8 Å². The molecule has 4 atom stereocenters. The summed E-state index contributed by atoms with van der Waals surface area (Å²) in [5.74, 6) is -0.992. The number of hydrogen-bond acceptors (Lipinski definition) is 4. The predicted molar refractivity (Wildman–Crippen MR) is 91.5 cm³/mol. The second-order valence-corrected chi connectivity index (χ2v) is 7.95. The molecule has 0 aromatic rings. The fourth-order valence-electron chi connectivity index (χ4n) is 5.02. The van der Waals surface area contributed by atoms with Gasteiger partial charge in [0, 0.05) is 11.6 Å². The second kappa shape index (κ2) is 5.91. The summed E-state index contributed by atoms with van der Waals surface area (Å²) in [6.07, 6.45) is 7.81. The third-order valence-electron chi connectivity index (χ3n) is 6.75. The normalized spacial score (nSPS) is 37.0. The summed E-state index contributed by atoms with van der Waals surface area (Å²) >= 11 is 0. The molecule has 0 saturated heterocycles. The van der Waals surface area contributed by atoms with Crippen LogP contribution in [0, 0.1) is 23.2 Å². The van der Waals surface area contributed by atoms with Crippen LogP contribution in [0.4, 0.5) is 0 Å². The average Bonchev–Trinajstić information content (AvgIpc) is 2.54. The minimum Gasteiger partial charge on any atom is -0.504 e. The van der Waals surface area contributed by atoms with Crippen LogP contribution in [0.5, 0.6) is 0 Å². The van der Waals surface area contributed by atoms with Crippen molar-refractivity contribution in [2.75, 3.05) is 0 Å². The Morgan fingerprint density at radius 3 is 2.62 bits per heavy atom. The number of hydrogen-bond donors (Lipinski definition) is 2. The molecule has 4 nitrogen and oxygen atoms in total. The maximum atomic E-state index is 12.3. The number of ketones is 2. The van der Waals surface area contributed by atoms with Gasteiger partial charge >= 0.3 is 0 Å². The average molecular weight is 330 g/mol. The SMILES string of the molecule is CC1=CCC[C@@H]2C1CC[C@H](C)[C@@]2(C)CC1=C(O)C(=O)C=C(O)C1=O. The number of fused-ring (bicyclic) bond motifs is 1. The number of aliphatic hydroxyl groups is 2. The van der Waals surface area contributed by atoms with Gasteiger partial charge in [0.25, 0.3) is 0 Å². The molecule has 2 N–H and O–H groups in total. The maximum Gasteiger partial charge on any atom is 0.227 e. The van der Waals surface area contributed by atoms with Crippen LogP contribution in [0.2, 0.25) is 0 Å². The van der Waals surface area contributed by atoms with E-state index in [1.807, 2.05) is 0 Å². The molecule has 1 saturated carbocycles. The van der Waals surface area contributed by atoms with Crippen molar-refractivity contribution in [3.8, 4) is 0 Å². The zero-order valence-corrected chi connectivity index (χ0v) is 14.6. The molecule has 4 heteroatoms. The standard InChI is InChI=1S/C20H26O4/c1-11-5-4-6-15-13(11)8-7-12(2)20(15,3)10-14-18(23)16(21)9-17(22)19(14)24/h5,9,12-13,15,21,24H,4,6-8,10H2,1-3H3/t12-,13?,15+,20+/m0/s1. The fraction of sp³-hybridized carbons (Fsp3) is 0.600. The Labute approximate surface area is 142 Å². The quantitative estimate of drug-likeness (QED) is 0.588. The summed E-state index contributed by atoms with van der Waals surface area (Å²) in [6.45, 7) is 6.57. The Kier molecular flexibility index (Phi) is 4.18. The van der Waals surface area contributed by atoms with E-state index in [0.29, 0.717) is 24.2 Å². The molecule has 130 valence electrons. The smallest absolute Gasteiger partial charge is 0.227 e. The summed E-state index contributed by atoms with van der Waals surface area (Å²) in [5.41, 5.74) is 1.34. The molecule has 0 radical (unpaired) electrons. The molecule has 3 aliphatic rings. The zero-order chi connectivity index (χ0) is 17.6. The van der Waals surface area contributed by atoms with Gasteiger partial charge in [-0.25, -0.2) is 0 Å². The molecular weight excluding hydrogens is 304 g/mol. The highest BCUT2D eigenvalue weighted by Crippen LogP contribution is 2.56. The van der Waals surface area contributed by atoms with E-state index >= 15 is 0 Å². The molecule has 0 aromatic heterocycles. The molecule has 0 amide bonds. The van der Waals surface area contributed by atoms with Crippen molar-refractivity contribution >= 4 is 11.6 Å². The Hall–Kier alpha value is -1.84. The van der Waals surface area contributed by atoms with E-state index in [9.17, 15) is 19.8 Å². The number of aliphatic hydroxyl groups excluding tert-OH is 2. The maximum absolute atomic E-state index is 12.3. The predicted octanol–water partition coefficient (Wildman–Crippen LogP) is 4.19. The van der Waals surface area contributed by atoms with Crippen molar-refractivity contribution in [1.29, 1.82) is 0 Å². The first-order valence-electron chi connectivity index (χ1n) is 8.84. The van der Waals surface area contributed by atoms with E-state index in [4.69, 9.17) is 0 Å². The van der Waals surface area contributed by atoms with E-state index in [1.165, 1.54) is 5.57 Å². The van der Waals surface area contributed by atoms with Gasteiger partial charge in [-0.1, -0.05) is 25.5 Å². The van der Waals surface area contributed by atoms with Crippen molar-refractivity contribution in [1.82, 2.24) is 0 Å².